The second-order valence-corrected chi connectivity index (χ2v) is 7.27. The Balaban J connectivity index is 1.40. The van der Waals surface area contributed by atoms with E-state index in [0.717, 1.165) is 28.5 Å². The van der Waals surface area contributed by atoms with Crippen LogP contribution >= 0.6 is 0 Å². The standard InChI is InChI=1S/C25H24N2O2/c1-2-17-10-6-11-21-20-15-14-19(16-22(20)27-25(17)21)26-24(29)13-7-12-23(28)18-8-4-3-5-9-18/h3-6,8-11,14-16,27H,2,7,12-13H2,1H3,(H,26,29). The van der Waals surface area contributed by atoms with Gasteiger partial charge in [0.25, 0.3) is 0 Å². The van der Waals surface area contributed by atoms with Gasteiger partial charge >= 0.3 is 0 Å². The first-order valence-electron chi connectivity index (χ1n) is 10.1. The van der Waals surface area contributed by atoms with Gasteiger partial charge in [0.05, 0.1) is 0 Å². The number of nitrogens with one attached hydrogen (secondary N) is 2. The lowest BCUT2D eigenvalue weighted by atomic mass is 10.1. The summed E-state index contributed by atoms with van der Waals surface area (Å²) in [5, 5.41) is 5.31. The third kappa shape index (κ3) is 4.06. The third-order valence-corrected chi connectivity index (χ3v) is 5.29. The topological polar surface area (TPSA) is 62.0 Å². The highest BCUT2D eigenvalue weighted by molar-refractivity contribution is 6.09. The molecule has 0 fully saturated rings. The summed E-state index contributed by atoms with van der Waals surface area (Å²) in [6.07, 6.45) is 2.20. The van der Waals surface area contributed by atoms with Crippen LogP contribution in [-0.4, -0.2) is 16.7 Å². The Labute approximate surface area is 169 Å². The zero-order chi connectivity index (χ0) is 20.2. The summed E-state index contributed by atoms with van der Waals surface area (Å²) in [5.74, 6) is 0.000179. The number of carbonyl (C=O) groups is 2. The van der Waals surface area contributed by atoms with Crippen LogP contribution in [0, 0.1) is 0 Å². The summed E-state index contributed by atoms with van der Waals surface area (Å²) in [5.41, 5.74) is 4.92. The SMILES string of the molecule is CCc1cccc2c1[nH]c1cc(NC(=O)CCCC(=O)c3ccccc3)ccc12. The van der Waals surface area contributed by atoms with E-state index in [-0.39, 0.29) is 11.7 Å². The molecular formula is C25H24N2O2. The van der Waals surface area contributed by atoms with Crippen LogP contribution in [-0.2, 0) is 11.2 Å². The molecule has 146 valence electrons. The largest absolute Gasteiger partial charge is 0.354 e. The van der Waals surface area contributed by atoms with Gasteiger partial charge in [-0.25, -0.2) is 0 Å². The molecule has 0 saturated carbocycles. The van der Waals surface area contributed by atoms with Gasteiger partial charge in [0, 0.05) is 45.9 Å². The predicted octanol–water partition coefficient (Wildman–Crippen LogP) is 5.88. The van der Waals surface area contributed by atoms with E-state index in [1.807, 2.05) is 48.5 Å². The van der Waals surface area contributed by atoms with E-state index < -0.39 is 0 Å². The molecule has 0 unspecified atom stereocenters. The van der Waals surface area contributed by atoms with Crippen molar-refractivity contribution in [1.82, 2.24) is 4.98 Å². The predicted molar refractivity (Wildman–Crippen MR) is 118 cm³/mol. The number of hydrogen-bond acceptors (Lipinski definition) is 2. The summed E-state index contributed by atoms with van der Waals surface area (Å²) in [6, 6.07) is 21.5. The van der Waals surface area contributed by atoms with Gasteiger partial charge in [-0.2, -0.15) is 0 Å². The van der Waals surface area contributed by atoms with Gasteiger partial charge in [0.1, 0.15) is 0 Å². The monoisotopic (exact) mass is 384 g/mol. The van der Waals surface area contributed by atoms with Crippen LogP contribution in [0.2, 0.25) is 0 Å². The number of anilines is 1. The lowest BCUT2D eigenvalue weighted by Crippen LogP contribution is -2.12. The van der Waals surface area contributed by atoms with Crippen molar-refractivity contribution in [2.75, 3.05) is 5.32 Å². The number of aromatic amines is 1. The first kappa shape index (κ1) is 18.9. The second kappa shape index (κ2) is 8.31. The number of para-hydroxylation sites is 1. The number of fused-ring (bicyclic) bond motifs is 3. The lowest BCUT2D eigenvalue weighted by Gasteiger charge is -2.05. The van der Waals surface area contributed by atoms with E-state index in [2.05, 4.69) is 35.4 Å². The quantitative estimate of drug-likeness (QED) is 0.391. The number of amides is 1. The molecule has 4 aromatic rings. The maximum absolute atomic E-state index is 12.3. The van der Waals surface area contributed by atoms with Crippen molar-refractivity contribution in [1.29, 1.82) is 0 Å². The Bertz CT molecular complexity index is 1180. The van der Waals surface area contributed by atoms with Gasteiger partial charge in [-0.05, 0) is 30.5 Å². The van der Waals surface area contributed by atoms with E-state index in [0.29, 0.717) is 24.8 Å². The molecule has 0 atom stereocenters. The number of aryl methyl sites for hydroxylation is 1. The molecule has 3 aromatic carbocycles. The van der Waals surface area contributed by atoms with Gasteiger partial charge in [0.2, 0.25) is 5.91 Å². The molecule has 0 aliphatic carbocycles. The molecule has 0 radical (unpaired) electrons. The van der Waals surface area contributed by atoms with Crippen LogP contribution in [0.3, 0.4) is 0 Å². The molecule has 0 bridgehead atoms. The van der Waals surface area contributed by atoms with Gasteiger partial charge in [-0.1, -0.05) is 61.5 Å². The summed E-state index contributed by atoms with van der Waals surface area (Å²) in [4.78, 5) is 27.9. The van der Waals surface area contributed by atoms with Crippen LogP contribution in [0.25, 0.3) is 21.8 Å². The first-order valence-corrected chi connectivity index (χ1v) is 10.1. The molecule has 0 saturated heterocycles. The molecule has 2 N–H and O–H groups in total. The fourth-order valence-corrected chi connectivity index (χ4v) is 3.76. The lowest BCUT2D eigenvalue weighted by molar-refractivity contribution is -0.116. The Morgan fingerprint density at radius 3 is 2.52 bits per heavy atom. The molecule has 1 heterocycles. The molecule has 0 spiro atoms. The molecule has 4 heteroatoms. The highest BCUT2D eigenvalue weighted by atomic mass is 16.1. The molecule has 29 heavy (non-hydrogen) atoms. The molecule has 1 aromatic heterocycles. The van der Waals surface area contributed by atoms with E-state index in [1.165, 1.54) is 10.9 Å². The molecular weight excluding hydrogens is 360 g/mol. The Kier molecular flexibility index (Phi) is 5.43. The van der Waals surface area contributed by atoms with Crippen LogP contribution in [0.5, 0.6) is 0 Å². The van der Waals surface area contributed by atoms with Gasteiger partial charge < -0.3 is 10.3 Å². The second-order valence-electron chi connectivity index (χ2n) is 7.27. The Morgan fingerprint density at radius 2 is 1.72 bits per heavy atom. The van der Waals surface area contributed by atoms with Gasteiger partial charge in [-0.15, -0.1) is 0 Å². The molecule has 4 rings (SSSR count). The van der Waals surface area contributed by atoms with E-state index in [9.17, 15) is 9.59 Å². The van der Waals surface area contributed by atoms with Crippen molar-refractivity contribution in [3.63, 3.8) is 0 Å². The van der Waals surface area contributed by atoms with Crippen molar-refractivity contribution in [2.45, 2.75) is 32.6 Å². The number of rotatable bonds is 7. The van der Waals surface area contributed by atoms with Gasteiger partial charge in [-0.3, -0.25) is 9.59 Å². The minimum Gasteiger partial charge on any atom is -0.354 e. The number of Topliss-reactive ketones (excluding diaryl/α,β-unsaturated/α-hetero) is 1. The Morgan fingerprint density at radius 1 is 0.897 bits per heavy atom. The summed E-state index contributed by atoms with van der Waals surface area (Å²) < 4.78 is 0. The Hall–Kier alpha value is -3.40. The molecule has 0 aliphatic heterocycles. The highest BCUT2D eigenvalue weighted by Gasteiger charge is 2.10. The molecule has 0 aliphatic rings. The fourth-order valence-electron chi connectivity index (χ4n) is 3.76. The normalized spacial score (nSPS) is 11.1. The number of H-pyrrole nitrogens is 1. The van der Waals surface area contributed by atoms with Crippen molar-refractivity contribution in [3.8, 4) is 0 Å². The van der Waals surface area contributed by atoms with E-state index in [1.54, 1.807) is 0 Å². The fraction of sp³-hybridized carbons (Fsp3) is 0.200. The van der Waals surface area contributed by atoms with Crippen LogP contribution in [0.1, 0.15) is 42.1 Å². The number of carbonyl (C=O) groups excluding carboxylic acids is 2. The third-order valence-electron chi connectivity index (χ3n) is 5.29. The highest BCUT2D eigenvalue weighted by Crippen LogP contribution is 2.29. The van der Waals surface area contributed by atoms with Crippen LogP contribution < -0.4 is 5.32 Å². The van der Waals surface area contributed by atoms with Crippen molar-refractivity contribution >= 4 is 39.2 Å². The average molecular weight is 384 g/mol. The van der Waals surface area contributed by atoms with Crippen LogP contribution in [0.15, 0.2) is 66.7 Å². The first-order chi connectivity index (χ1) is 14.2. The molecule has 4 nitrogen and oxygen atoms in total. The summed E-state index contributed by atoms with van der Waals surface area (Å²) in [6.45, 7) is 2.15. The van der Waals surface area contributed by atoms with Crippen molar-refractivity contribution in [3.05, 3.63) is 77.9 Å². The van der Waals surface area contributed by atoms with E-state index in [4.69, 9.17) is 0 Å². The maximum atomic E-state index is 12.3. The molecule has 1 amide bonds. The number of benzene rings is 3. The van der Waals surface area contributed by atoms with Crippen LogP contribution in [0.4, 0.5) is 5.69 Å². The number of ketones is 1. The minimum absolute atomic E-state index is 0.0735. The zero-order valence-corrected chi connectivity index (χ0v) is 16.5. The van der Waals surface area contributed by atoms with E-state index >= 15 is 0 Å². The zero-order valence-electron chi connectivity index (χ0n) is 16.5. The minimum atomic E-state index is -0.0735. The maximum Gasteiger partial charge on any atom is 0.224 e. The average Bonchev–Trinajstić information content (AvgIpc) is 3.12. The van der Waals surface area contributed by atoms with Gasteiger partial charge in [0.15, 0.2) is 5.78 Å². The van der Waals surface area contributed by atoms with Crippen molar-refractivity contribution < 1.29 is 9.59 Å². The smallest absolute Gasteiger partial charge is 0.224 e. The van der Waals surface area contributed by atoms with Crippen molar-refractivity contribution in [2.24, 2.45) is 0 Å². The summed E-state index contributed by atoms with van der Waals surface area (Å²) in [7, 11) is 0. The summed E-state index contributed by atoms with van der Waals surface area (Å²) >= 11 is 0. The number of aromatic nitrogens is 1. The number of hydrogen-bond donors (Lipinski definition) is 2.